The second kappa shape index (κ2) is 7.10. The van der Waals surface area contributed by atoms with Crippen LogP contribution in [0, 0.1) is 11.8 Å². The van der Waals surface area contributed by atoms with E-state index >= 15 is 0 Å². The number of hydrogen-bond donors (Lipinski definition) is 1. The Kier molecular flexibility index (Phi) is 6.09. The summed E-state index contributed by atoms with van der Waals surface area (Å²) in [6, 6.07) is 0.0975. The Hall–Kier alpha value is -0.610. The first-order valence-electron chi connectivity index (χ1n) is 7.12. The Morgan fingerprint density at radius 1 is 1.44 bits per heavy atom. The molecule has 0 aliphatic carbocycles. The molecule has 2 N–H and O–H groups in total. The summed E-state index contributed by atoms with van der Waals surface area (Å²) in [6.07, 6.45) is 1.98. The Balaban J connectivity index is 2.39. The largest absolute Gasteiger partial charge is 0.465 e. The maximum Gasteiger partial charge on any atom is 0.322 e. The summed E-state index contributed by atoms with van der Waals surface area (Å²) in [5, 5.41) is 0. The van der Waals surface area contributed by atoms with Crippen LogP contribution >= 0.6 is 0 Å². The van der Waals surface area contributed by atoms with Crippen molar-refractivity contribution < 1.29 is 9.53 Å². The molecule has 4 heteroatoms. The zero-order valence-electron chi connectivity index (χ0n) is 12.2. The molecule has 1 aliphatic heterocycles. The van der Waals surface area contributed by atoms with E-state index < -0.39 is 6.04 Å². The molecule has 106 valence electrons. The van der Waals surface area contributed by atoms with Crippen LogP contribution in [-0.4, -0.2) is 42.6 Å². The number of nitrogens with two attached hydrogens (primary N) is 1. The van der Waals surface area contributed by atoms with Crippen molar-refractivity contribution in [2.45, 2.75) is 52.6 Å². The van der Waals surface area contributed by atoms with Crippen molar-refractivity contribution in [3.63, 3.8) is 0 Å². The molecule has 18 heavy (non-hydrogen) atoms. The van der Waals surface area contributed by atoms with Crippen LogP contribution in [0.15, 0.2) is 0 Å². The SMILES string of the molecule is CCOC(=O)C(N)CCN1CC(C)CC(C)C1C. The Bertz CT molecular complexity index is 271. The van der Waals surface area contributed by atoms with Gasteiger partial charge in [-0.1, -0.05) is 13.8 Å². The number of carbonyl (C=O) groups is 1. The fraction of sp³-hybridized carbons (Fsp3) is 0.929. The van der Waals surface area contributed by atoms with Crippen molar-refractivity contribution in [1.82, 2.24) is 4.90 Å². The predicted molar refractivity (Wildman–Crippen MR) is 73.2 cm³/mol. The van der Waals surface area contributed by atoms with Gasteiger partial charge in [0.15, 0.2) is 0 Å². The highest BCUT2D eigenvalue weighted by Gasteiger charge is 2.29. The molecule has 1 heterocycles. The van der Waals surface area contributed by atoms with Crippen LogP contribution in [-0.2, 0) is 9.53 Å². The molecule has 0 radical (unpaired) electrons. The monoisotopic (exact) mass is 256 g/mol. The normalized spacial score (nSPS) is 31.1. The van der Waals surface area contributed by atoms with Gasteiger partial charge in [0.2, 0.25) is 0 Å². The number of likely N-dealkylation sites (tertiary alicyclic amines) is 1. The molecular formula is C14H28N2O2. The van der Waals surface area contributed by atoms with Crippen LogP contribution in [0.2, 0.25) is 0 Å². The van der Waals surface area contributed by atoms with Crippen molar-refractivity contribution in [1.29, 1.82) is 0 Å². The van der Waals surface area contributed by atoms with Gasteiger partial charge in [0, 0.05) is 19.1 Å². The Morgan fingerprint density at radius 3 is 2.72 bits per heavy atom. The van der Waals surface area contributed by atoms with Crippen LogP contribution in [0.25, 0.3) is 0 Å². The number of piperidine rings is 1. The lowest BCUT2D eigenvalue weighted by Gasteiger charge is -2.41. The molecule has 0 aromatic heterocycles. The molecule has 0 saturated carbocycles. The highest BCUT2D eigenvalue weighted by molar-refractivity contribution is 5.75. The highest BCUT2D eigenvalue weighted by Crippen LogP contribution is 2.26. The summed E-state index contributed by atoms with van der Waals surface area (Å²) in [5.74, 6) is 1.17. The summed E-state index contributed by atoms with van der Waals surface area (Å²) < 4.78 is 4.93. The maximum absolute atomic E-state index is 11.5. The van der Waals surface area contributed by atoms with E-state index in [0.29, 0.717) is 25.0 Å². The van der Waals surface area contributed by atoms with E-state index in [2.05, 4.69) is 25.7 Å². The molecule has 1 fully saturated rings. The van der Waals surface area contributed by atoms with Gasteiger partial charge in [-0.3, -0.25) is 4.79 Å². The second-order valence-electron chi connectivity index (χ2n) is 5.70. The number of esters is 1. The summed E-state index contributed by atoms with van der Waals surface area (Å²) in [4.78, 5) is 13.9. The predicted octanol–water partition coefficient (Wildman–Crippen LogP) is 1.63. The lowest BCUT2D eigenvalue weighted by atomic mass is 9.86. The van der Waals surface area contributed by atoms with Crippen LogP contribution in [0.5, 0.6) is 0 Å². The van der Waals surface area contributed by atoms with Crippen LogP contribution in [0.1, 0.15) is 40.5 Å². The van der Waals surface area contributed by atoms with Crippen molar-refractivity contribution in [2.75, 3.05) is 19.7 Å². The van der Waals surface area contributed by atoms with Crippen LogP contribution < -0.4 is 5.73 Å². The van der Waals surface area contributed by atoms with Gasteiger partial charge in [-0.2, -0.15) is 0 Å². The summed E-state index contributed by atoms with van der Waals surface area (Å²) >= 11 is 0. The molecule has 4 nitrogen and oxygen atoms in total. The molecular weight excluding hydrogens is 228 g/mol. The zero-order valence-corrected chi connectivity index (χ0v) is 12.2. The molecule has 0 amide bonds. The fourth-order valence-corrected chi connectivity index (χ4v) is 2.80. The minimum Gasteiger partial charge on any atom is -0.465 e. The first kappa shape index (κ1) is 15.4. The van der Waals surface area contributed by atoms with E-state index in [0.717, 1.165) is 19.0 Å². The van der Waals surface area contributed by atoms with E-state index in [-0.39, 0.29) is 5.97 Å². The second-order valence-corrected chi connectivity index (χ2v) is 5.70. The van der Waals surface area contributed by atoms with Gasteiger partial charge in [-0.05, 0) is 38.5 Å². The fourth-order valence-electron chi connectivity index (χ4n) is 2.80. The zero-order chi connectivity index (χ0) is 13.7. The van der Waals surface area contributed by atoms with Gasteiger partial charge < -0.3 is 15.4 Å². The summed E-state index contributed by atoms with van der Waals surface area (Å²) in [5.41, 5.74) is 5.83. The molecule has 4 unspecified atom stereocenters. The lowest BCUT2D eigenvalue weighted by Crippen LogP contribution is -2.47. The molecule has 0 aromatic carbocycles. The van der Waals surface area contributed by atoms with Crippen LogP contribution in [0.4, 0.5) is 0 Å². The molecule has 4 atom stereocenters. The minimum atomic E-state index is -0.482. The summed E-state index contributed by atoms with van der Waals surface area (Å²) in [6.45, 7) is 11.1. The van der Waals surface area contributed by atoms with Gasteiger partial charge in [0.25, 0.3) is 0 Å². The quantitative estimate of drug-likeness (QED) is 0.760. The maximum atomic E-state index is 11.5. The van der Waals surface area contributed by atoms with E-state index in [9.17, 15) is 4.79 Å². The van der Waals surface area contributed by atoms with Gasteiger partial charge in [-0.15, -0.1) is 0 Å². The number of hydrogen-bond acceptors (Lipinski definition) is 4. The van der Waals surface area contributed by atoms with Crippen molar-refractivity contribution in [3.8, 4) is 0 Å². The summed E-state index contributed by atoms with van der Waals surface area (Å²) in [7, 11) is 0. The van der Waals surface area contributed by atoms with Gasteiger partial charge in [0.1, 0.15) is 6.04 Å². The number of nitrogens with zero attached hydrogens (tertiary/aromatic N) is 1. The van der Waals surface area contributed by atoms with Crippen LogP contribution in [0.3, 0.4) is 0 Å². The van der Waals surface area contributed by atoms with E-state index in [1.807, 2.05) is 0 Å². The lowest BCUT2D eigenvalue weighted by molar-refractivity contribution is -0.145. The third-order valence-electron chi connectivity index (χ3n) is 4.04. The van der Waals surface area contributed by atoms with Gasteiger partial charge >= 0.3 is 5.97 Å². The van der Waals surface area contributed by atoms with Crippen molar-refractivity contribution in [3.05, 3.63) is 0 Å². The molecule has 0 bridgehead atoms. The Morgan fingerprint density at radius 2 is 2.11 bits per heavy atom. The molecule has 1 saturated heterocycles. The van der Waals surface area contributed by atoms with Crippen molar-refractivity contribution >= 4 is 5.97 Å². The standard InChI is InChI=1S/C14H28N2O2/c1-5-18-14(17)13(15)6-7-16-9-10(2)8-11(3)12(16)4/h10-13H,5-9,15H2,1-4H3. The van der Waals surface area contributed by atoms with Gasteiger partial charge in [0.05, 0.1) is 6.61 Å². The minimum absolute atomic E-state index is 0.275. The molecule has 1 rings (SSSR count). The first-order chi connectivity index (χ1) is 8.45. The van der Waals surface area contributed by atoms with E-state index in [1.54, 1.807) is 6.92 Å². The van der Waals surface area contributed by atoms with Gasteiger partial charge in [-0.25, -0.2) is 0 Å². The number of carbonyl (C=O) groups excluding carboxylic acids is 1. The number of rotatable bonds is 5. The molecule has 1 aliphatic rings. The topological polar surface area (TPSA) is 55.6 Å². The Labute approximate surface area is 111 Å². The first-order valence-corrected chi connectivity index (χ1v) is 7.12. The number of ether oxygens (including phenoxy) is 1. The van der Waals surface area contributed by atoms with Crippen molar-refractivity contribution in [2.24, 2.45) is 17.6 Å². The highest BCUT2D eigenvalue weighted by atomic mass is 16.5. The average Bonchev–Trinajstić information content (AvgIpc) is 2.31. The van der Waals surface area contributed by atoms with E-state index in [4.69, 9.17) is 10.5 Å². The molecule has 0 aromatic rings. The molecule has 0 spiro atoms. The average molecular weight is 256 g/mol. The van der Waals surface area contributed by atoms with E-state index in [1.165, 1.54) is 6.42 Å². The third-order valence-corrected chi connectivity index (χ3v) is 4.04. The third kappa shape index (κ3) is 4.25. The smallest absolute Gasteiger partial charge is 0.322 e.